The molecule has 0 aliphatic heterocycles. The molecule has 0 amide bonds. The van der Waals surface area contributed by atoms with Crippen LogP contribution in [0.15, 0.2) is 36.4 Å². The lowest BCUT2D eigenvalue weighted by molar-refractivity contribution is 0.355. The molecule has 0 bridgehead atoms. The summed E-state index contributed by atoms with van der Waals surface area (Å²) < 4.78 is 13.1. The van der Waals surface area contributed by atoms with Gasteiger partial charge in [0.1, 0.15) is 17.2 Å². The molecular weight excluding hydrogens is 338 g/mol. The summed E-state index contributed by atoms with van der Waals surface area (Å²) in [6.45, 7) is 2.12. The van der Waals surface area contributed by atoms with Crippen LogP contribution in [0.2, 0.25) is 0 Å². The monoisotopic (exact) mass is 365 g/mol. The fourth-order valence-electron chi connectivity index (χ4n) is 4.01. The first-order chi connectivity index (χ1) is 13.2. The number of fused-ring (bicyclic) bond motifs is 1. The standard InChI is InChI=1S/C22H27N3O2/c1-15-8-7-11-20-24-21(16-12-13-18(26-2)19(14-16)27-3)22(25(15)20)23-17-9-5-4-6-10-17/h7-8,11-14,17,23H,4-6,9-10H2,1-3H3. The van der Waals surface area contributed by atoms with Gasteiger partial charge in [0.25, 0.3) is 0 Å². The highest BCUT2D eigenvalue weighted by Crippen LogP contribution is 2.37. The average Bonchev–Trinajstić information content (AvgIpc) is 3.08. The number of aryl methyl sites for hydroxylation is 1. The maximum absolute atomic E-state index is 5.51. The van der Waals surface area contributed by atoms with Gasteiger partial charge in [0.15, 0.2) is 11.5 Å². The van der Waals surface area contributed by atoms with Crippen molar-refractivity contribution in [2.24, 2.45) is 0 Å². The van der Waals surface area contributed by atoms with Gasteiger partial charge < -0.3 is 14.8 Å². The van der Waals surface area contributed by atoms with Gasteiger partial charge in [-0.2, -0.15) is 0 Å². The lowest BCUT2D eigenvalue weighted by atomic mass is 9.95. The Morgan fingerprint density at radius 2 is 1.78 bits per heavy atom. The zero-order valence-electron chi connectivity index (χ0n) is 16.3. The number of ether oxygens (including phenoxy) is 2. The van der Waals surface area contributed by atoms with Crippen LogP contribution in [0, 0.1) is 6.92 Å². The van der Waals surface area contributed by atoms with Gasteiger partial charge in [-0.25, -0.2) is 4.98 Å². The summed E-state index contributed by atoms with van der Waals surface area (Å²) in [5.74, 6) is 2.51. The van der Waals surface area contributed by atoms with Crippen molar-refractivity contribution < 1.29 is 9.47 Å². The van der Waals surface area contributed by atoms with E-state index in [1.54, 1.807) is 14.2 Å². The molecule has 1 aliphatic rings. The minimum absolute atomic E-state index is 0.497. The molecule has 142 valence electrons. The van der Waals surface area contributed by atoms with Crippen LogP contribution in [-0.2, 0) is 0 Å². The van der Waals surface area contributed by atoms with Gasteiger partial charge in [-0.05, 0) is 50.1 Å². The molecule has 0 saturated heterocycles. The number of rotatable bonds is 5. The molecule has 2 heterocycles. The van der Waals surface area contributed by atoms with E-state index in [9.17, 15) is 0 Å². The van der Waals surface area contributed by atoms with E-state index in [1.165, 1.54) is 37.8 Å². The zero-order chi connectivity index (χ0) is 18.8. The van der Waals surface area contributed by atoms with E-state index in [0.29, 0.717) is 11.8 Å². The molecule has 1 fully saturated rings. The summed E-state index contributed by atoms with van der Waals surface area (Å²) in [6.07, 6.45) is 6.35. The van der Waals surface area contributed by atoms with Crippen LogP contribution < -0.4 is 14.8 Å². The highest BCUT2D eigenvalue weighted by atomic mass is 16.5. The van der Waals surface area contributed by atoms with E-state index in [2.05, 4.69) is 34.8 Å². The topological polar surface area (TPSA) is 47.8 Å². The minimum Gasteiger partial charge on any atom is -0.493 e. The predicted molar refractivity (Wildman–Crippen MR) is 109 cm³/mol. The molecule has 0 atom stereocenters. The molecule has 0 spiro atoms. The number of aromatic nitrogens is 2. The van der Waals surface area contributed by atoms with E-state index in [1.807, 2.05) is 18.2 Å². The maximum Gasteiger partial charge on any atom is 0.161 e. The number of nitrogens with one attached hydrogen (secondary N) is 1. The van der Waals surface area contributed by atoms with Gasteiger partial charge in [0.05, 0.1) is 14.2 Å². The molecule has 5 heteroatoms. The van der Waals surface area contributed by atoms with Crippen molar-refractivity contribution in [1.82, 2.24) is 9.38 Å². The fourth-order valence-corrected chi connectivity index (χ4v) is 4.01. The maximum atomic E-state index is 5.51. The predicted octanol–water partition coefficient (Wildman–Crippen LogP) is 5.07. The minimum atomic E-state index is 0.497. The largest absolute Gasteiger partial charge is 0.493 e. The second-order valence-electron chi connectivity index (χ2n) is 7.22. The second-order valence-corrected chi connectivity index (χ2v) is 7.22. The smallest absolute Gasteiger partial charge is 0.161 e. The van der Waals surface area contributed by atoms with Crippen LogP contribution >= 0.6 is 0 Å². The number of anilines is 1. The molecule has 5 nitrogen and oxygen atoms in total. The molecule has 27 heavy (non-hydrogen) atoms. The summed E-state index contributed by atoms with van der Waals surface area (Å²) >= 11 is 0. The van der Waals surface area contributed by atoms with Crippen LogP contribution in [0.3, 0.4) is 0 Å². The third kappa shape index (κ3) is 3.34. The second kappa shape index (κ2) is 7.51. The van der Waals surface area contributed by atoms with Crippen LogP contribution in [-0.4, -0.2) is 29.6 Å². The third-order valence-electron chi connectivity index (χ3n) is 5.44. The zero-order valence-corrected chi connectivity index (χ0v) is 16.3. The van der Waals surface area contributed by atoms with Gasteiger partial charge in [0, 0.05) is 17.3 Å². The molecule has 0 unspecified atom stereocenters. The van der Waals surface area contributed by atoms with Crippen molar-refractivity contribution in [1.29, 1.82) is 0 Å². The lowest BCUT2D eigenvalue weighted by Crippen LogP contribution is -2.23. The van der Waals surface area contributed by atoms with Crippen LogP contribution in [0.4, 0.5) is 5.82 Å². The Hall–Kier alpha value is -2.69. The Morgan fingerprint density at radius 1 is 1.00 bits per heavy atom. The highest BCUT2D eigenvalue weighted by Gasteiger charge is 2.21. The Balaban J connectivity index is 1.84. The first-order valence-electron chi connectivity index (χ1n) is 9.68. The van der Waals surface area contributed by atoms with Crippen molar-refractivity contribution in [3.05, 3.63) is 42.1 Å². The van der Waals surface area contributed by atoms with Crippen molar-refractivity contribution >= 4 is 11.5 Å². The van der Waals surface area contributed by atoms with Gasteiger partial charge in [-0.1, -0.05) is 25.3 Å². The first kappa shape index (κ1) is 17.7. The Morgan fingerprint density at radius 3 is 2.52 bits per heavy atom. The summed E-state index contributed by atoms with van der Waals surface area (Å²) in [7, 11) is 3.32. The quantitative estimate of drug-likeness (QED) is 0.686. The Kier molecular flexibility index (Phi) is 4.92. The number of pyridine rings is 1. The molecular formula is C22H27N3O2. The summed E-state index contributed by atoms with van der Waals surface area (Å²) in [6, 6.07) is 12.7. The number of methoxy groups -OCH3 is 2. The summed E-state index contributed by atoms with van der Waals surface area (Å²) in [5, 5.41) is 3.81. The number of nitrogens with zero attached hydrogens (tertiary/aromatic N) is 2. The van der Waals surface area contributed by atoms with E-state index in [-0.39, 0.29) is 0 Å². The summed E-state index contributed by atoms with van der Waals surface area (Å²) in [5.41, 5.74) is 4.10. The number of hydrogen-bond acceptors (Lipinski definition) is 4. The fraction of sp³-hybridized carbons (Fsp3) is 0.409. The van der Waals surface area contributed by atoms with Gasteiger partial charge in [-0.3, -0.25) is 4.40 Å². The number of imidazole rings is 1. The van der Waals surface area contributed by atoms with E-state index < -0.39 is 0 Å². The van der Waals surface area contributed by atoms with Gasteiger partial charge >= 0.3 is 0 Å². The number of benzene rings is 1. The van der Waals surface area contributed by atoms with Crippen LogP contribution in [0.5, 0.6) is 11.5 Å². The van der Waals surface area contributed by atoms with Crippen molar-refractivity contribution in [3.63, 3.8) is 0 Å². The molecule has 4 rings (SSSR count). The van der Waals surface area contributed by atoms with Crippen molar-refractivity contribution in [3.8, 4) is 22.8 Å². The summed E-state index contributed by atoms with van der Waals surface area (Å²) in [4.78, 5) is 4.94. The molecule has 1 N–H and O–H groups in total. The van der Waals surface area contributed by atoms with E-state index in [0.717, 1.165) is 28.5 Å². The molecule has 1 aromatic carbocycles. The first-order valence-corrected chi connectivity index (χ1v) is 9.68. The van der Waals surface area contributed by atoms with E-state index >= 15 is 0 Å². The average molecular weight is 365 g/mol. The number of hydrogen-bond donors (Lipinski definition) is 1. The SMILES string of the molecule is COc1ccc(-c2nc3cccc(C)n3c2NC2CCCCC2)cc1OC. The van der Waals surface area contributed by atoms with Crippen molar-refractivity contribution in [2.45, 2.75) is 45.1 Å². The molecule has 2 aromatic heterocycles. The molecule has 3 aromatic rings. The normalized spacial score (nSPS) is 15.1. The Bertz CT molecular complexity index is 942. The van der Waals surface area contributed by atoms with Crippen LogP contribution in [0.1, 0.15) is 37.8 Å². The van der Waals surface area contributed by atoms with Crippen molar-refractivity contribution in [2.75, 3.05) is 19.5 Å². The van der Waals surface area contributed by atoms with E-state index in [4.69, 9.17) is 14.5 Å². The highest BCUT2D eigenvalue weighted by molar-refractivity contribution is 5.78. The van der Waals surface area contributed by atoms with Gasteiger partial charge in [-0.15, -0.1) is 0 Å². The van der Waals surface area contributed by atoms with Gasteiger partial charge in [0.2, 0.25) is 0 Å². The molecule has 1 saturated carbocycles. The lowest BCUT2D eigenvalue weighted by Gasteiger charge is -2.24. The third-order valence-corrected chi connectivity index (χ3v) is 5.44. The molecule has 0 radical (unpaired) electrons. The Labute approximate surface area is 160 Å². The molecule has 1 aliphatic carbocycles. The van der Waals surface area contributed by atoms with Crippen LogP contribution in [0.25, 0.3) is 16.9 Å².